The number of carbonyl (C=O) groups is 1. The molecule has 0 saturated carbocycles. The van der Waals surface area contributed by atoms with E-state index in [2.05, 4.69) is 11.9 Å². The Morgan fingerprint density at radius 2 is 2.33 bits per heavy atom. The van der Waals surface area contributed by atoms with Crippen LogP contribution in [0.2, 0.25) is 0 Å². The summed E-state index contributed by atoms with van der Waals surface area (Å²) in [5, 5.41) is 2.79. The Morgan fingerprint density at radius 1 is 1.58 bits per heavy atom. The van der Waals surface area contributed by atoms with Crippen LogP contribution in [0.5, 0.6) is 0 Å². The van der Waals surface area contributed by atoms with Crippen molar-refractivity contribution in [2.45, 2.75) is 13.3 Å². The van der Waals surface area contributed by atoms with Crippen LogP contribution in [0.15, 0.2) is 36.0 Å². The van der Waals surface area contributed by atoms with E-state index < -0.39 is 0 Å². The monoisotopic (exact) mass is 163 g/mol. The smallest absolute Gasteiger partial charge is 0.251 e. The molecule has 1 rings (SSSR count). The third-order valence-corrected chi connectivity index (χ3v) is 1.90. The Hall–Kier alpha value is -1.31. The van der Waals surface area contributed by atoms with Crippen molar-refractivity contribution in [1.82, 2.24) is 5.32 Å². The summed E-state index contributed by atoms with van der Waals surface area (Å²) in [6.07, 6.45) is 6.30. The van der Waals surface area contributed by atoms with Gasteiger partial charge < -0.3 is 5.32 Å². The van der Waals surface area contributed by atoms with Crippen LogP contribution >= 0.6 is 0 Å². The van der Waals surface area contributed by atoms with Gasteiger partial charge in [-0.2, -0.15) is 0 Å². The summed E-state index contributed by atoms with van der Waals surface area (Å²) in [5.41, 5.74) is 1.86. The standard InChI is InChI=1S/C10H13NO/c1-3-5-9-8(4-2)6-7-11-10(9)12/h3-5H,1,6-7H2,2H3,(H,11,12)/b8-4-,9-5+. The molecule has 1 heterocycles. The quantitative estimate of drug-likeness (QED) is 0.584. The van der Waals surface area contributed by atoms with E-state index in [0.717, 1.165) is 24.1 Å². The number of carbonyl (C=O) groups excluding carboxylic acids is 1. The number of allylic oxidation sites excluding steroid dienone is 3. The first-order valence-corrected chi connectivity index (χ1v) is 4.06. The third-order valence-electron chi connectivity index (χ3n) is 1.90. The van der Waals surface area contributed by atoms with Crippen LogP contribution in [-0.2, 0) is 4.79 Å². The second-order valence-electron chi connectivity index (χ2n) is 2.64. The van der Waals surface area contributed by atoms with Crippen molar-refractivity contribution in [2.24, 2.45) is 0 Å². The molecule has 0 aliphatic carbocycles. The molecule has 1 N–H and O–H groups in total. The molecular weight excluding hydrogens is 150 g/mol. The first-order valence-electron chi connectivity index (χ1n) is 4.06. The number of nitrogens with one attached hydrogen (secondary N) is 1. The fourth-order valence-corrected chi connectivity index (χ4v) is 1.29. The molecule has 1 aliphatic heterocycles. The Balaban J connectivity index is 2.95. The first kappa shape index (κ1) is 8.78. The van der Waals surface area contributed by atoms with Gasteiger partial charge in [-0.3, -0.25) is 4.79 Å². The molecule has 0 atom stereocenters. The number of piperidine rings is 1. The van der Waals surface area contributed by atoms with Crippen molar-refractivity contribution in [3.8, 4) is 0 Å². The van der Waals surface area contributed by atoms with Crippen molar-refractivity contribution in [3.05, 3.63) is 36.0 Å². The van der Waals surface area contributed by atoms with Crippen LogP contribution in [0.3, 0.4) is 0 Å². The molecule has 0 aromatic rings. The van der Waals surface area contributed by atoms with E-state index >= 15 is 0 Å². The van der Waals surface area contributed by atoms with Gasteiger partial charge in [0.15, 0.2) is 0 Å². The molecule has 12 heavy (non-hydrogen) atoms. The lowest BCUT2D eigenvalue weighted by Gasteiger charge is -2.17. The van der Waals surface area contributed by atoms with Crippen molar-refractivity contribution < 1.29 is 4.79 Å². The van der Waals surface area contributed by atoms with Crippen LogP contribution in [0.25, 0.3) is 0 Å². The maximum Gasteiger partial charge on any atom is 0.251 e. The second kappa shape index (κ2) is 3.90. The number of hydrogen-bond acceptors (Lipinski definition) is 1. The van der Waals surface area contributed by atoms with Gasteiger partial charge in [-0.05, 0) is 25.0 Å². The highest BCUT2D eigenvalue weighted by Crippen LogP contribution is 2.17. The van der Waals surface area contributed by atoms with Crippen molar-refractivity contribution in [3.63, 3.8) is 0 Å². The second-order valence-corrected chi connectivity index (χ2v) is 2.64. The number of amides is 1. The van der Waals surface area contributed by atoms with E-state index in [9.17, 15) is 4.79 Å². The van der Waals surface area contributed by atoms with Gasteiger partial charge in [-0.15, -0.1) is 0 Å². The van der Waals surface area contributed by atoms with Gasteiger partial charge in [0.25, 0.3) is 5.91 Å². The average Bonchev–Trinajstić information content (AvgIpc) is 2.09. The molecular formula is C10H13NO. The van der Waals surface area contributed by atoms with Crippen LogP contribution in [0.1, 0.15) is 13.3 Å². The normalized spacial score (nSPS) is 24.2. The van der Waals surface area contributed by atoms with Crippen LogP contribution < -0.4 is 5.32 Å². The Morgan fingerprint density at radius 3 is 2.92 bits per heavy atom. The molecule has 1 amide bonds. The van der Waals surface area contributed by atoms with Crippen molar-refractivity contribution in [2.75, 3.05) is 6.54 Å². The lowest BCUT2D eigenvalue weighted by Crippen LogP contribution is -2.32. The fraction of sp³-hybridized carbons (Fsp3) is 0.300. The predicted octanol–water partition coefficient (Wildman–Crippen LogP) is 1.56. The van der Waals surface area contributed by atoms with Gasteiger partial charge in [-0.1, -0.05) is 18.7 Å². The van der Waals surface area contributed by atoms with Gasteiger partial charge >= 0.3 is 0 Å². The SMILES string of the molecule is C=C/C=C1/C(=O)NCC/C1=C/C. The van der Waals surface area contributed by atoms with Gasteiger partial charge in [0, 0.05) is 12.1 Å². The predicted molar refractivity (Wildman–Crippen MR) is 49.7 cm³/mol. The lowest BCUT2D eigenvalue weighted by molar-refractivity contribution is -0.117. The zero-order valence-electron chi connectivity index (χ0n) is 7.26. The molecule has 1 saturated heterocycles. The molecule has 1 fully saturated rings. The van der Waals surface area contributed by atoms with Gasteiger partial charge in [0.05, 0.1) is 0 Å². The van der Waals surface area contributed by atoms with Crippen molar-refractivity contribution in [1.29, 1.82) is 0 Å². The lowest BCUT2D eigenvalue weighted by atomic mass is 9.98. The summed E-state index contributed by atoms with van der Waals surface area (Å²) < 4.78 is 0. The van der Waals surface area contributed by atoms with Crippen LogP contribution in [0, 0.1) is 0 Å². The molecule has 0 aromatic carbocycles. The summed E-state index contributed by atoms with van der Waals surface area (Å²) in [5.74, 6) is 0.00856. The number of hydrogen-bond donors (Lipinski definition) is 1. The molecule has 1 aliphatic rings. The highest BCUT2D eigenvalue weighted by atomic mass is 16.1. The largest absolute Gasteiger partial charge is 0.352 e. The van der Waals surface area contributed by atoms with Gasteiger partial charge in [-0.25, -0.2) is 0 Å². The molecule has 0 unspecified atom stereocenters. The van der Waals surface area contributed by atoms with Crippen LogP contribution in [-0.4, -0.2) is 12.5 Å². The number of rotatable bonds is 1. The zero-order valence-corrected chi connectivity index (χ0v) is 7.26. The Bertz CT molecular complexity index is 261. The molecule has 0 spiro atoms. The molecule has 0 bridgehead atoms. The van der Waals surface area contributed by atoms with Crippen molar-refractivity contribution >= 4 is 5.91 Å². The van der Waals surface area contributed by atoms with E-state index in [-0.39, 0.29) is 5.91 Å². The van der Waals surface area contributed by atoms with E-state index in [0.29, 0.717) is 0 Å². The topological polar surface area (TPSA) is 29.1 Å². The highest BCUT2D eigenvalue weighted by molar-refractivity contribution is 5.99. The molecule has 0 aromatic heterocycles. The van der Waals surface area contributed by atoms with E-state index in [1.807, 2.05) is 13.0 Å². The minimum atomic E-state index is 0.00856. The minimum absolute atomic E-state index is 0.00856. The van der Waals surface area contributed by atoms with E-state index in [4.69, 9.17) is 0 Å². The maximum absolute atomic E-state index is 11.3. The van der Waals surface area contributed by atoms with E-state index in [1.54, 1.807) is 12.2 Å². The summed E-state index contributed by atoms with van der Waals surface area (Å²) in [6.45, 7) is 6.27. The summed E-state index contributed by atoms with van der Waals surface area (Å²) in [4.78, 5) is 11.3. The highest BCUT2D eigenvalue weighted by Gasteiger charge is 2.17. The fourth-order valence-electron chi connectivity index (χ4n) is 1.29. The van der Waals surface area contributed by atoms with E-state index in [1.165, 1.54) is 0 Å². The van der Waals surface area contributed by atoms with Crippen LogP contribution in [0.4, 0.5) is 0 Å². The molecule has 0 radical (unpaired) electrons. The average molecular weight is 163 g/mol. The minimum Gasteiger partial charge on any atom is -0.352 e. The van der Waals surface area contributed by atoms with Gasteiger partial charge in [0.1, 0.15) is 0 Å². The summed E-state index contributed by atoms with van der Waals surface area (Å²) >= 11 is 0. The maximum atomic E-state index is 11.3. The third kappa shape index (κ3) is 1.64. The first-order chi connectivity index (χ1) is 5.79. The Kier molecular flexibility index (Phi) is 2.86. The molecule has 2 heteroatoms. The molecule has 2 nitrogen and oxygen atoms in total. The summed E-state index contributed by atoms with van der Waals surface area (Å²) in [7, 11) is 0. The Labute approximate surface area is 72.7 Å². The zero-order chi connectivity index (χ0) is 8.97. The summed E-state index contributed by atoms with van der Waals surface area (Å²) in [6, 6.07) is 0. The van der Waals surface area contributed by atoms with Gasteiger partial charge in [0.2, 0.25) is 0 Å². The molecule has 64 valence electrons.